The van der Waals surface area contributed by atoms with E-state index in [2.05, 4.69) is 20.4 Å². The number of carbonyl (C=O) groups is 3. The molecule has 0 aliphatic heterocycles. The molecule has 0 heterocycles. The van der Waals surface area contributed by atoms with Gasteiger partial charge in [0.25, 0.3) is 0 Å². The molecule has 2 rings (SSSR count). The van der Waals surface area contributed by atoms with Crippen molar-refractivity contribution in [2.75, 3.05) is 6.61 Å². The second-order valence-corrected chi connectivity index (χ2v) is 11.2. The van der Waals surface area contributed by atoms with Crippen molar-refractivity contribution in [3.8, 4) is 0 Å². The van der Waals surface area contributed by atoms with Crippen LogP contribution < -0.4 is 0 Å². The predicted molar refractivity (Wildman–Crippen MR) is 124 cm³/mol. The Kier molecular flexibility index (Phi) is 8.10. The first-order valence-corrected chi connectivity index (χ1v) is 12.0. The van der Waals surface area contributed by atoms with Crippen molar-refractivity contribution in [3.63, 3.8) is 0 Å². The van der Waals surface area contributed by atoms with Gasteiger partial charge in [-0.3, -0.25) is 14.4 Å². The molecule has 7 nitrogen and oxygen atoms in total. The molecule has 2 saturated carbocycles. The van der Waals surface area contributed by atoms with Gasteiger partial charge in [0.1, 0.15) is 17.3 Å². The van der Waals surface area contributed by atoms with Crippen LogP contribution in [0.1, 0.15) is 87.0 Å². The second-order valence-electron chi connectivity index (χ2n) is 11.2. The third kappa shape index (κ3) is 5.79. The topological polar surface area (TPSA) is 99.1 Å². The second kappa shape index (κ2) is 9.77. The van der Waals surface area contributed by atoms with Gasteiger partial charge in [0.2, 0.25) is 0 Å². The fraction of sp³-hybridized carbons (Fsp3) is 0.808. The lowest BCUT2D eigenvalue weighted by Gasteiger charge is -2.63. The first kappa shape index (κ1) is 27.4. The van der Waals surface area contributed by atoms with Crippen molar-refractivity contribution in [3.05, 3.63) is 12.7 Å². The Bertz CT molecular complexity index is 771. The largest absolute Gasteiger partial charge is 0.465 e. The summed E-state index contributed by atoms with van der Waals surface area (Å²) in [5.41, 5.74) is -2.86. The number of carbonyl (C=O) groups excluding carboxylic acids is 3. The average molecular weight is 467 g/mol. The van der Waals surface area contributed by atoms with Crippen molar-refractivity contribution in [1.82, 2.24) is 0 Å². The van der Waals surface area contributed by atoms with Gasteiger partial charge in [-0.05, 0) is 57.3 Å². The van der Waals surface area contributed by atoms with Gasteiger partial charge in [-0.15, -0.1) is 6.58 Å². The number of fused-ring (bicyclic) bond motifs is 1. The lowest BCUT2D eigenvalue weighted by Crippen LogP contribution is -2.63. The smallest absolute Gasteiger partial charge is 0.303 e. The van der Waals surface area contributed by atoms with Gasteiger partial charge in [-0.1, -0.05) is 26.3 Å². The highest BCUT2D eigenvalue weighted by Gasteiger charge is 2.63. The highest BCUT2D eigenvalue weighted by molar-refractivity contribution is 5.67. The zero-order valence-electron chi connectivity index (χ0n) is 21.4. The first-order valence-electron chi connectivity index (χ1n) is 12.0. The minimum absolute atomic E-state index is 0.00785. The van der Waals surface area contributed by atoms with Crippen molar-refractivity contribution < 1.29 is 33.7 Å². The van der Waals surface area contributed by atoms with E-state index >= 15 is 0 Å². The van der Waals surface area contributed by atoms with Crippen LogP contribution in [0, 0.1) is 22.7 Å². The molecule has 0 aromatic carbocycles. The van der Waals surface area contributed by atoms with Crippen molar-refractivity contribution in [2.24, 2.45) is 22.7 Å². The van der Waals surface area contributed by atoms with Crippen LogP contribution in [0.3, 0.4) is 0 Å². The Morgan fingerprint density at radius 1 is 1.09 bits per heavy atom. The molecule has 1 N–H and O–H groups in total. The molecule has 0 amide bonds. The van der Waals surface area contributed by atoms with E-state index in [0.29, 0.717) is 6.42 Å². The summed E-state index contributed by atoms with van der Waals surface area (Å²) >= 11 is 0. The summed E-state index contributed by atoms with van der Waals surface area (Å²) < 4.78 is 17.2. The van der Waals surface area contributed by atoms with Gasteiger partial charge in [0, 0.05) is 32.1 Å². The Labute approximate surface area is 198 Å². The molecule has 6 unspecified atom stereocenters. The molecule has 7 heteroatoms. The lowest BCUT2D eigenvalue weighted by atomic mass is 9.44. The average Bonchev–Trinajstić information content (AvgIpc) is 2.66. The van der Waals surface area contributed by atoms with E-state index < -0.39 is 34.7 Å². The fourth-order valence-electron chi connectivity index (χ4n) is 6.70. The van der Waals surface area contributed by atoms with Gasteiger partial charge in [0.15, 0.2) is 0 Å². The van der Waals surface area contributed by atoms with Gasteiger partial charge >= 0.3 is 17.9 Å². The van der Waals surface area contributed by atoms with Crippen LogP contribution in [-0.2, 0) is 28.6 Å². The number of hydrogen-bond donors (Lipinski definition) is 1. The number of aliphatic hydroxyl groups is 1. The number of esters is 3. The lowest BCUT2D eigenvalue weighted by molar-refractivity contribution is -0.226. The summed E-state index contributed by atoms with van der Waals surface area (Å²) in [7, 11) is 0. The molecule has 33 heavy (non-hydrogen) atoms. The Morgan fingerprint density at radius 3 is 2.24 bits per heavy atom. The Morgan fingerprint density at radius 2 is 1.73 bits per heavy atom. The van der Waals surface area contributed by atoms with Crippen LogP contribution in [-0.4, -0.2) is 46.9 Å². The van der Waals surface area contributed by atoms with Gasteiger partial charge in [0.05, 0.1) is 6.61 Å². The molecule has 0 saturated heterocycles. The van der Waals surface area contributed by atoms with E-state index in [1.54, 1.807) is 6.92 Å². The zero-order chi connectivity index (χ0) is 25.2. The van der Waals surface area contributed by atoms with Crippen LogP contribution in [0.25, 0.3) is 0 Å². The molecule has 0 aromatic heterocycles. The molecular formula is C26H42O7. The maximum Gasteiger partial charge on any atom is 0.303 e. The van der Waals surface area contributed by atoms with Crippen molar-refractivity contribution in [2.45, 2.75) is 104 Å². The third-order valence-corrected chi connectivity index (χ3v) is 8.21. The SMILES string of the molecule is C=CC(C)(O)C(CC1C(C)(OC(C)=O)CCC2C(C)(C)CCCC21COC(C)=O)OC(C)=O. The first-order chi connectivity index (χ1) is 15.1. The number of ether oxygens (including phenoxy) is 3. The maximum atomic E-state index is 12.2. The normalized spacial score (nSPS) is 33.6. The molecule has 2 aliphatic carbocycles. The van der Waals surface area contributed by atoms with E-state index in [-0.39, 0.29) is 36.2 Å². The fourth-order valence-corrected chi connectivity index (χ4v) is 6.70. The van der Waals surface area contributed by atoms with Crippen LogP contribution in [0.2, 0.25) is 0 Å². The predicted octanol–water partition coefficient (Wildman–Crippen LogP) is 4.35. The number of hydrogen-bond acceptors (Lipinski definition) is 7. The molecule has 0 bridgehead atoms. The molecule has 188 valence electrons. The summed E-state index contributed by atoms with van der Waals surface area (Å²) in [5.74, 6) is -1.37. The van der Waals surface area contributed by atoms with Crippen LogP contribution in [0.15, 0.2) is 12.7 Å². The van der Waals surface area contributed by atoms with Crippen molar-refractivity contribution in [1.29, 1.82) is 0 Å². The minimum atomic E-state index is -1.48. The van der Waals surface area contributed by atoms with Gasteiger partial charge in [-0.2, -0.15) is 0 Å². The molecule has 6 atom stereocenters. The highest BCUT2D eigenvalue weighted by atomic mass is 16.6. The number of rotatable bonds is 8. The van der Waals surface area contributed by atoms with E-state index in [1.165, 1.54) is 26.8 Å². The summed E-state index contributed by atoms with van der Waals surface area (Å²) in [6, 6.07) is 0. The van der Waals surface area contributed by atoms with Crippen LogP contribution >= 0.6 is 0 Å². The molecule has 0 spiro atoms. The minimum Gasteiger partial charge on any atom is -0.465 e. The maximum absolute atomic E-state index is 12.2. The van der Waals surface area contributed by atoms with Crippen LogP contribution in [0.5, 0.6) is 0 Å². The zero-order valence-corrected chi connectivity index (χ0v) is 21.4. The molecule has 2 aliphatic rings. The van der Waals surface area contributed by atoms with E-state index in [4.69, 9.17) is 14.2 Å². The van der Waals surface area contributed by atoms with Crippen LogP contribution in [0.4, 0.5) is 0 Å². The molecular weight excluding hydrogens is 424 g/mol. The highest BCUT2D eigenvalue weighted by Crippen LogP contribution is 2.64. The van der Waals surface area contributed by atoms with E-state index in [1.807, 2.05) is 6.92 Å². The summed E-state index contributed by atoms with van der Waals surface area (Å²) in [5, 5.41) is 11.0. The van der Waals surface area contributed by atoms with E-state index in [9.17, 15) is 19.5 Å². The standard InChI is InChI=1S/C26H42O7/c1-9-24(7,30)22(32-18(3)28)15-21-25(8,33-19(4)29)14-11-20-23(5,6)12-10-13-26(20,21)16-31-17(2)27/h9,20-22,30H,1,10-16H2,2-8H3. The molecule has 2 fully saturated rings. The monoisotopic (exact) mass is 466 g/mol. The molecule has 0 radical (unpaired) electrons. The summed E-state index contributed by atoms with van der Waals surface area (Å²) in [6.07, 6.45) is 4.95. The van der Waals surface area contributed by atoms with Gasteiger partial charge < -0.3 is 19.3 Å². The Balaban J connectivity index is 2.67. The van der Waals surface area contributed by atoms with Gasteiger partial charge in [-0.25, -0.2) is 0 Å². The third-order valence-electron chi connectivity index (χ3n) is 8.21. The summed E-state index contributed by atoms with van der Waals surface area (Å²) in [4.78, 5) is 36.0. The molecule has 0 aromatic rings. The van der Waals surface area contributed by atoms with E-state index in [0.717, 1.165) is 25.7 Å². The quantitative estimate of drug-likeness (QED) is 0.322. The Hall–Kier alpha value is -1.89. The summed E-state index contributed by atoms with van der Waals surface area (Å²) in [6.45, 7) is 16.0. The van der Waals surface area contributed by atoms with Crippen molar-refractivity contribution >= 4 is 17.9 Å².